The van der Waals surface area contributed by atoms with E-state index in [1.165, 1.54) is 19.3 Å². The second-order valence-electron chi connectivity index (χ2n) is 3.44. The van der Waals surface area contributed by atoms with Gasteiger partial charge in [-0.1, -0.05) is 25.5 Å². The number of allylic oxidation sites excluding steroid dienone is 1. The third kappa shape index (κ3) is 3.06. The molecule has 1 fully saturated rings. The van der Waals surface area contributed by atoms with E-state index in [4.69, 9.17) is 0 Å². The normalized spacial score (nSPS) is 32.9. The van der Waals surface area contributed by atoms with Crippen molar-refractivity contribution in [1.29, 1.82) is 0 Å². The van der Waals surface area contributed by atoms with Gasteiger partial charge in [-0.25, -0.2) is 0 Å². The lowest BCUT2D eigenvalue weighted by Crippen LogP contribution is -2.39. The van der Waals surface area contributed by atoms with Gasteiger partial charge in [0.25, 0.3) is 0 Å². The van der Waals surface area contributed by atoms with Crippen LogP contribution < -0.4 is 5.32 Å². The average Bonchev–Trinajstić information content (AvgIpc) is 2.01. The van der Waals surface area contributed by atoms with Crippen LogP contribution >= 0.6 is 0 Å². The maximum atomic E-state index is 3.56. The number of nitrogens with one attached hydrogen (secondary N) is 1. The molecule has 1 heteroatoms. The molecule has 2 atom stereocenters. The quantitative estimate of drug-likeness (QED) is 0.601. The zero-order valence-electron chi connectivity index (χ0n) is 7.64. The standard InChI is InChI=1S/C10H19N/c1-3-4-7-10-8-5-6-9(2)11-10/h4,7,9-11H,3,5-6,8H2,1-2H3/b7-4+. The van der Waals surface area contributed by atoms with Crippen LogP contribution in [-0.2, 0) is 0 Å². The van der Waals surface area contributed by atoms with Crippen LogP contribution in [0, 0.1) is 0 Å². The molecule has 0 bridgehead atoms. The molecule has 1 aliphatic heterocycles. The van der Waals surface area contributed by atoms with Crippen LogP contribution in [0.5, 0.6) is 0 Å². The van der Waals surface area contributed by atoms with Crippen LogP contribution in [0.4, 0.5) is 0 Å². The molecule has 64 valence electrons. The first kappa shape index (κ1) is 8.79. The van der Waals surface area contributed by atoms with Crippen molar-refractivity contribution in [1.82, 2.24) is 5.32 Å². The van der Waals surface area contributed by atoms with Crippen LogP contribution in [0.3, 0.4) is 0 Å². The van der Waals surface area contributed by atoms with E-state index in [-0.39, 0.29) is 0 Å². The Hall–Kier alpha value is -0.300. The maximum absolute atomic E-state index is 3.56. The average molecular weight is 153 g/mol. The Kier molecular flexibility index (Phi) is 3.64. The van der Waals surface area contributed by atoms with Crippen molar-refractivity contribution < 1.29 is 0 Å². The summed E-state index contributed by atoms with van der Waals surface area (Å²) in [7, 11) is 0. The van der Waals surface area contributed by atoms with Crippen molar-refractivity contribution in [3.8, 4) is 0 Å². The Morgan fingerprint density at radius 2 is 2.27 bits per heavy atom. The van der Waals surface area contributed by atoms with Gasteiger partial charge in [0.05, 0.1) is 0 Å². The summed E-state index contributed by atoms with van der Waals surface area (Å²) < 4.78 is 0. The minimum absolute atomic E-state index is 0.652. The van der Waals surface area contributed by atoms with E-state index >= 15 is 0 Å². The van der Waals surface area contributed by atoms with Crippen molar-refractivity contribution in [3.63, 3.8) is 0 Å². The molecule has 0 aromatic heterocycles. The molecule has 2 unspecified atom stereocenters. The molecule has 1 aliphatic rings. The Balaban J connectivity index is 2.28. The van der Waals surface area contributed by atoms with Gasteiger partial charge in [-0.3, -0.25) is 0 Å². The van der Waals surface area contributed by atoms with E-state index in [1.807, 2.05) is 0 Å². The second-order valence-corrected chi connectivity index (χ2v) is 3.44. The molecule has 0 radical (unpaired) electrons. The van der Waals surface area contributed by atoms with Gasteiger partial charge in [0, 0.05) is 12.1 Å². The van der Waals surface area contributed by atoms with E-state index in [9.17, 15) is 0 Å². The molecule has 0 spiro atoms. The number of piperidine rings is 1. The molecule has 1 heterocycles. The Morgan fingerprint density at radius 3 is 2.91 bits per heavy atom. The number of hydrogen-bond donors (Lipinski definition) is 1. The molecule has 0 aliphatic carbocycles. The van der Waals surface area contributed by atoms with E-state index in [1.54, 1.807) is 0 Å². The third-order valence-electron chi connectivity index (χ3n) is 2.25. The van der Waals surface area contributed by atoms with Crippen molar-refractivity contribution in [2.24, 2.45) is 0 Å². The lowest BCUT2D eigenvalue weighted by molar-refractivity contribution is 0.374. The molecular formula is C10H19N. The molecule has 1 saturated heterocycles. The zero-order valence-corrected chi connectivity index (χ0v) is 7.64. The van der Waals surface area contributed by atoms with Gasteiger partial charge in [-0.2, -0.15) is 0 Å². The molecule has 1 N–H and O–H groups in total. The van der Waals surface area contributed by atoms with Crippen LogP contribution in [0.1, 0.15) is 39.5 Å². The van der Waals surface area contributed by atoms with Gasteiger partial charge in [-0.15, -0.1) is 0 Å². The Morgan fingerprint density at radius 1 is 1.45 bits per heavy atom. The van der Waals surface area contributed by atoms with Gasteiger partial charge >= 0.3 is 0 Å². The predicted octanol–water partition coefficient (Wildman–Crippen LogP) is 2.48. The topological polar surface area (TPSA) is 12.0 Å². The fourth-order valence-corrected chi connectivity index (χ4v) is 1.63. The van der Waals surface area contributed by atoms with Crippen LogP contribution in [0.25, 0.3) is 0 Å². The van der Waals surface area contributed by atoms with Gasteiger partial charge in [0.2, 0.25) is 0 Å². The van der Waals surface area contributed by atoms with E-state index in [2.05, 4.69) is 31.3 Å². The largest absolute Gasteiger partial charge is 0.308 e. The number of rotatable bonds is 2. The fourth-order valence-electron chi connectivity index (χ4n) is 1.63. The summed E-state index contributed by atoms with van der Waals surface area (Å²) in [6, 6.07) is 1.37. The summed E-state index contributed by atoms with van der Waals surface area (Å²) in [5, 5.41) is 3.56. The minimum Gasteiger partial charge on any atom is -0.308 e. The molecule has 1 rings (SSSR count). The molecule has 0 amide bonds. The van der Waals surface area contributed by atoms with Gasteiger partial charge < -0.3 is 5.32 Å². The number of hydrogen-bond acceptors (Lipinski definition) is 1. The monoisotopic (exact) mass is 153 g/mol. The van der Waals surface area contributed by atoms with Crippen molar-refractivity contribution in [2.75, 3.05) is 0 Å². The Labute approximate surface area is 69.9 Å². The summed E-state index contributed by atoms with van der Waals surface area (Å²) >= 11 is 0. The highest BCUT2D eigenvalue weighted by Crippen LogP contribution is 2.12. The van der Waals surface area contributed by atoms with Crippen LogP contribution in [-0.4, -0.2) is 12.1 Å². The third-order valence-corrected chi connectivity index (χ3v) is 2.25. The maximum Gasteiger partial charge on any atom is 0.0252 e. The first-order valence-electron chi connectivity index (χ1n) is 4.75. The van der Waals surface area contributed by atoms with Crippen LogP contribution in [0.2, 0.25) is 0 Å². The lowest BCUT2D eigenvalue weighted by atomic mass is 9.99. The van der Waals surface area contributed by atoms with E-state index < -0.39 is 0 Å². The highest BCUT2D eigenvalue weighted by Gasteiger charge is 2.14. The minimum atomic E-state index is 0.652. The summed E-state index contributed by atoms with van der Waals surface area (Å²) in [6.07, 6.45) is 9.78. The lowest BCUT2D eigenvalue weighted by Gasteiger charge is -2.26. The van der Waals surface area contributed by atoms with Gasteiger partial charge in [0.15, 0.2) is 0 Å². The summed E-state index contributed by atoms with van der Waals surface area (Å²) in [5.74, 6) is 0. The molecule has 1 nitrogen and oxygen atoms in total. The van der Waals surface area contributed by atoms with Crippen molar-refractivity contribution >= 4 is 0 Å². The first-order valence-corrected chi connectivity index (χ1v) is 4.75. The summed E-state index contributed by atoms with van der Waals surface area (Å²) in [5.41, 5.74) is 0. The van der Waals surface area contributed by atoms with Gasteiger partial charge in [0.1, 0.15) is 0 Å². The molecule has 11 heavy (non-hydrogen) atoms. The summed E-state index contributed by atoms with van der Waals surface area (Å²) in [6.45, 7) is 4.45. The van der Waals surface area contributed by atoms with E-state index in [0.717, 1.165) is 12.5 Å². The highest BCUT2D eigenvalue weighted by atomic mass is 14.9. The SMILES string of the molecule is CC/C=C/C1CCCC(C)N1. The highest BCUT2D eigenvalue weighted by molar-refractivity contribution is 4.95. The molecular weight excluding hydrogens is 134 g/mol. The smallest absolute Gasteiger partial charge is 0.0252 e. The predicted molar refractivity (Wildman–Crippen MR) is 49.7 cm³/mol. The molecule has 0 aromatic rings. The zero-order chi connectivity index (χ0) is 8.10. The Bertz CT molecular complexity index is 129. The van der Waals surface area contributed by atoms with E-state index in [0.29, 0.717) is 6.04 Å². The summed E-state index contributed by atoms with van der Waals surface area (Å²) in [4.78, 5) is 0. The first-order chi connectivity index (χ1) is 5.33. The van der Waals surface area contributed by atoms with Gasteiger partial charge in [-0.05, 0) is 26.2 Å². The second kappa shape index (κ2) is 4.55. The molecule has 0 aromatic carbocycles. The molecule has 0 saturated carbocycles. The fraction of sp³-hybridized carbons (Fsp3) is 0.800. The van der Waals surface area contributed by atoms with Crippen molar-refractivity contribution in [2.45, 2.75) is 51.6 Å². The van der Waals surface area contributed by atoms with Crippen LogP contribution in [0.15, 0.2) is 12.2 Å². The van der Waals surface area contributed by atoms with Crippen molar-refractivity contribution in [3.05, 3.63) is 12.2 Å².